The van der Waals surface area contributed by atoms with E-state index in [0.29, 0.717) is 12.5 Å². The molecule has 0 aromatic carbocycles. The van der Waals surface area contributed by atoms with Gasteiger partial charge in [-0.1, -0.05) is 19.0 Å². The molecule has 0 spiro atoms. The normalized spacial score (nSPS) is 23.2. The third kappa shape index (κ3) is 4.10. The Balaban J connectivity index is 2.33. The van der Waals surface area contributed by atoms with Crippen LogP contribution in [0.1, 0.15) is 41.0 Å². The van der Waals surface area contributed by atoms with Gasteiger partial charge in [-0.15, -0.1) is 0 Å². The Morgan fingerprint density at radius 2 is 2.12 bits per heavy atom. The molecular weight excluding hydrogens is 204 g/mol. The van der Waals surface area contributed by atoms with E-state index in [1.807, 2.05) is 0 Å². The maximum atomic E-state index is 9.95. The molecule has 16 heavy (non-hydrogen) atoms. The average Bonchev–Trinajstić information content (AvgIpc) is 2.61. The standard InChI is InChI=1S/C12H24N2O2/c1-8(2)9-6-11(16-14-9)10(15)7-13-12(3,4)5/h8,10-11,13,15H,6-7H2,1-5H3/t10-,11-/m0/s1. The minimum Gasteiger partial charge on any atom is -0.389 e. The average molecular weight is 228 g/mol. The first-order valence-corrected chi connectivity index (χ1v) is 5.95. The van der Waals surface area contributed by atoms with Crippen LogP contribution >= 0.6 is 0 Å². The second-order valence-electron chi connectivity index (χ2n) is 5.78. The number of rotatable bonds is 4. The second kappa shape index (κ2) is 5.15. The van der Waals surface area contributed by atoms with Gasteiger partial charge in [0.15, 0.2) is 6.10 Å². The van der Waals surface area contributed by atoms with Crippen LogP contribution in [0.15, 0.2) is 5.16 Å². The zero-order valence-electron chi connectivity index (χ0n) is 10.9. The Hall–Kier alpha value is -0.610. The van der Waals surface area contributed by atoms with Crippen LogP contribution in [0.4, 0.5) is 0 Å². The van der Waals surface area contributed by atoms with Crippen LogP contribution in [0.25, 0.3) is 0 Å². The monoisotopic (exact) mass is 228 g/mol. The number of aliphatic hydroxyl groups excluding tert-OH is 1. The Bertz CT molecular complexity index is 256. The summed E-state index contributed by atoms with van der Waals surface area (Å²) in [6, 6.07) is 0. The van der Waals surface area contributed by atoms with Crippen molar-refractivity contribution in [3.8, 4) is 0 Å². The molecule has 4 heteroatoms. The van der Waals surface area contributed by atoms with Crippen LogP contribution in [0.3, 0.4) is 0 Å². The Morgan fingerprint density at radius 1 is 1.50 bits per heavy atom. The number of oxime groups is 1. The summed E-state index contributed by atoms with van der Waals surface area (Å²) in [5, 5.41) is 17.2. The smallest absolute Gasteiger partial charge is 0.159 e. The van der Waals surface area contributed by atoms with Gasteiger partial charge in [0.25, 0.3) is 0 Å². The third-order valence-electron chi connectivity index (χ3n) is 2.65. The highest BCUT2D eigenvalue weighted by Crippen LogP contribution is 2.18. The molecule has 1 heterocycles. The van der Waals surface area contributed by atoms with Crippen molar-refractivity contribution in [2.24, 2.45) is 11.1 Å². The Morgan fingerprint density at radius 3 is 2.56 bits per heavy atom. The van der Waals surface area contributed by atoms with Crippen molar-refractivity contribution >= 4 is 5.71 Å². The van der Waals surface area contributed by atoms with Crippen LogP contribution in [0.2, 0.25) is 0 Å². The lowest BCUT2D eigenvalue weighted by Crippen LogP contribution is -2.44. The fourth-order valence-corrected chi connectivity index (χ4v) is 1.51. The molecule has 94 valence electrons. The fourth-order valence-electron chi connectivity index (χ4n) is 1.51. The quantitative estimate of drug-likeness (QED) is 0.767. The number of aliphatic hydroxyl groups is 1. The molecular formula is C12H24N2O2. The molecule has 0 aromatic heterocycles. The highest BCUT2D eigenvalue weighted by atomic mass is 16.7. The molecule has 0 aromatic rings. The van der Waals surface area contributed by atoms with Gasteiger partial charge >= 0.3 is 0 Å². The van der Waals surface area contributed by atoms with Gasteiger partial charge in [0.2, 0.25) is 0 Å². The van der Waals surface area contributed by atoms with Gasteiger partial charge < -0.3 is 15.3 Å². The molecule has 0 bridgehead atoms. The number of β-amino-alcohol motifs (C(OH)–C–C–N with tert-alkyl or cyclic N) is 1. The summed E-state index contributed by atoms with van der Waals surface area (Å²) in [7, 11) is 0. The molecule has 0 aliphatic carbocycles. The maximum Gasteiger partial charge on any atom is 0.159 e. The van der Waals surface area contributed by atoms with E-state index in [4.69, 9.17) is 4.84 Å². The summed E-state index contributed by atoms with van der Waals surface area (Å²) in [6.45, 7) is 10.9. The maximum absolute atomic E-state index is 9.95. The van der Waals surface area contributed by atoms with Crippen LogP contribution in [0.5, 0.6) is 0 Å². The largest absolute Gasteiger partial charge is 0.389 e. The van der Waals surface area contributed by atoms with Gasteiger partial charge in [-0.05, 0) is 26.7 Å². The van der Waals surface area contributed by atoms with E-state index in [9.17, 15) is 5.11 Å². The molecule has 0 amide bonds. The van der Waals surface area contributed by atoms with Gasteiger partial charge in [0.1, 0.15) is 6.10 Å². The lowest BCUT2D eigenvalue weighted by molar-refractivity contribution is -0.0181. The van der Waals surface area contributed by atoms with Crippen molar-refractivity contribution in [3.63, 3.8) is 0 Å². The molecule has 1 rings (SSSR count). The second-order valence-corrected chi connectivity index (χ2v) is 5.78. The first-order chi connectivity index (χ1) is 7.29. The highest BCUT2D eigenvalue weighted by Gasteiger charge is 2.29. The predicted molar refractivity (Wildman–Crippen MR) is 65.5 cm³/mol. The third-order valence-corrected chi connectivity index (χ3v) is 2.65. The molecule has 2 atom stereocenters. The zero-order valence-corrected chi connectivity index (χ0v) is 10.9. The van der Waals surface area contributed by atoms with Gasteiger partial charge in [-0.25, -0.2) is 0 Å². The molecule has 1 aliphatic rings. The van der Waals surface area contributed by atoms with E-state index in [-0.39, 0.29) is 11.6 Å². The Kier molecular flexibility index (Phi) is 4.33. The fraction of sp³-hybridized carbons (Fsp3) is 0.917. The van der Waals surface area contributed by atoms with Crippen LogP contribution in [-0.2, 0) is 4.84 Å². The number of hydrogen-bond donors (Lipinski definition) is 2. The molecule has 4 nitrogen and oxygen atoms in total. The number of hydrogen-bond acceptors (Lipinski definition) is 4. The van der Waals surface area contributed by atoms with E-state index in [2.05, 4.69) is 45.1 Å². The van der Waals surface area contributed by atoms with Crippen molar-refractivity contribution < 1.29 is 9.94 Å². The summed E-state index contributed by atoms with van der Waals surface area (Å²) in [5.74, 6) is 0.396. The minimum atomic E-state index is -0.501. The number of nitrogens with zero attached hydrogens (tertiary/aromatic N) is 1. The lowest BCUT2D eigenvalue weighted by atomic mass is 9.99. The summed E-state index contributed by atoms with van der Waals surface area (Å²) in [4.78, 5) is 5.25. The van der Waals surface area contributed by atoms with E-state index in [1.54, 1.807) is 0 Å². The zero-order chi connectivity index (χ0) is 12.3. The van der Waals surface area contributed by atoms with E-state index in [1.165, 1.54) is 0 Å². The first kappa shape index (κ1) is 13.5. The van der Waals surface area contributed by atoms with Gasteiger partial charge in [-0.3, -0.25) is 0 Å². The lowest BCUT2D eigenvalue weighted by Gasteiger charge is -2.24. The van der Waals surface area contributed by atoms with Crippen LogP contribution in [-0.4, -0.2) is 35.1 Å². The molecule has 0 saturated heterocycles. The summed E-state index contributed by atoms with van der Waals surface area (Å²) >= 11 is 0. The summed E-state index contributed by atoms with van der Waals surface area (Å²) < 4.78 is 0. The molecule has 0 saturated carbocycles. The highest BCUT2D eigenvalue weighted by molar-refractivity contribution is 5.87. The van der Waals surface area contributed by atoms with Gasteiger partial charge in [0, 0.05) is 18.5 Å². The Labute approximate surface area is 98.1 Å². The van der Waals surface area contributed by atoms with E-state index < -0.39 is 6.10 Å². The van der Waals surface area contributed by atoms with Crippen molar-refractivity contribution in [2.45, 2.75) is 58.8 Å². The predicted octanol–water partition coefficient (Wildman–Crippen LogP) is 1.54. The summed E-state index contributed by atoms with van der Waals surface area (Å²) in [6.07, 6.45) is 0.0523. The van der Waals surface area contributed by atoms with Crippen molar-refractivity contribution in [1.29, 1.82) is 0 Å². The van der Waals surface area contributed by atoms with Crippen molar-refractivity contribution in [2.75, 3.05) is 6.54 Å². The van der Waals surface area contributed by atoms with Crippen LogP contribution < -0.4 is 5.32 Å². The van der Waals surface area contributed by atoms with Crippen LogP contribution in [0, 0.1) is 5.92 Å². The molecule has 2 N–H and O–H groups in total. The van der Waals surface area contributed by atoms with E-state index in [0.717, 1.165) is 12.1 Å². The number of nitrogens with one attached hydrogen (secondary N) is 1. The molecule has 1 aliphatic heterocycles. The topological polar surface area (TPSA) is 53.9 Å². The molecule has 0 unspecified atom stereocenters. The van der Waals surface area contributed by atoms with E-state index >= 15 is 0 Å². The van der Waals surface area contributed by atoms with Crippen molar-refractivity contribution in [3.05, 3.63) is 0 Å². The molecule has 0 radical (unpaired) electrons. The van der Waals surface area contributed by atoms with Crippen molar-refractivity contribution in [1.82, 2.24) is 5.32 Å². The first-order valence-electron chi connectivity index (χ1n) is 5.95. The van der Waals surface area contributed by atoms with Gasteiger partial charge in [-0.2, -0.15) is 0 Å². The van der Waals surface area contributed by atoms with Gasteiger partial charge in [0.05, 0.1) is 5.71 Å². The summed E-state index contributed by atoms with van der Waals surface area (Å²) in [5.41, 5.74) is 1.06. The SMILES string of the molecule is CC(C)C1=NO[C@H]([C@@H](O)CNC(C)(C)C)C1. The minimum absolute atomic E-state index is 0.0152. The molecule has 0 fully saturated rings.